The van der Waals surface area contributed by atoms with Gasteiger partial charge in [-0.3, -0.25) is 0 Å². The molecule has 0 aliphatic rings. The normalized spacial score (nSPS) is 14.1. The lowest BCUT2D eigenvalue weighted by molar-refractivity contribution is -0.137. The minimum absolute atomic E-state index is 0.125. The molecule has 0 spiro atoms. The smallest absolute Gasteiger partial charge is 0.324 e. The molecule has 1 aromatic rings. The quantitative estimate of drug-likeness (QED) is 0.704. The number of nitrogens with two attached hydrogens (primary N) is 1. The van der Waals surface area contributed by atoms with Crippen molar-refractivity contribution in [1.29, 1.82) is 0 Å². The lowest BCUT2D eigenvalue weighted by Gasteiger charge is -2.11. The van der Waals surface area contributed by atoms with E-state index in [1.165, 1.54) is 6.92 Å². The number of alkyl halides is 3. The monoisotopic (exact) mass is 207 g/mol. The van der Waals surface area contributed by atoms with Crippen molar-refractivity contribution >= 4 is 0 Å². The molecule has 0 saturated carbocycles. The van der Waals surface area contributed by atoms with Crippen LogP contribution in [0.1, 0.15) is 24.1 Å². The van der Waals surface area contributed by atoms with Crippen LogP contribution >= 0.6 is 0 Å². The summed E-state index contributed by atoms with van der Waals surface area (Å²) in [5.41, 5.74) is 4.31. The highest BCUT2D eigenvalue weighted by Crippen LogP contribution is 2.31. The molecule has 14 heavy (non-hydrogen) atoms. The van der Waals surface area contributed by atoms with Gasteiger partial charge in [-0.25, -0.2) is 4.39 Å². The highest BCUT2D eigenvalue weighted by molar-refractivity contribution is 5.28. The number of hydrogen-bond acceptors (Lipinski definition) is 1. The first-order valence-corrected chi connectivity index (χ1v) is 3.94. The third-order valence-electron chi connectivity index (χ3n) is 1.81. The van der Waals surface area contributed by atoms with Crippen molar-refractivity contribution in [2.24, 2.45) is 5.73 Å². The van der Waals surface area contributed by atoms with Crippen LogP contribution in [0.15, 0.2) is 18.2 Å². The zero-order valence-electron chi connectivity index (χ0n) is 7.40. The van der Waals surface area contributed by atoms with Crippen LogP contribution in [0.25, 0.3) is 0 Å². The van der Waals surface area contributed by atoms with Gasteiger partial charge in [0.05, 0.1) is 5.56 Å². The molecule has 0 fully saturated rings. The van der Waals surface area contributed by atoms with Crippen LogP contribution in [0.5, 0.6) is 0 Å². The number of hydrogen-bond donors (Lipinski definition) is 1. The van der Waals surface area contributed by atoms with Crippen LogP contribution in [0.2, 0.25) is 0 Å². The standard InChI is InChI=1S/C9H9F4N/c1-5(14)7-4-6(9(11,12)13)2-3-8(7)10/h2-5H,14H2,1H3. The van der Waals surface area contributed by atoms with Gasteiger partial charge in [-0.1, -0.05) is 0 Å². The minimum atomic E-state index is -4.46. The first-order chi connectivity index (χ1) is 6.32. The molecular formula is C9H9F4N. The summed E-state index contributed by atoms with van der Waals surface area (Å²) in [4.78, 5) is 0. The lowest BCUT2D eigenvalue weighted by Crippen LogP contribution is -2.11. The summed E-state index contributed by atoms with van der Waals surface area (Å²) in [6.45, 7) is 1.43. The summed E-state index contributed by atoms with van der Waals surface area (Å²) in [6.07, 6.45) is -4.46. The van der Waals surface area contributed by atoms with Gasteiger partial charge in [0.1, 0.15) is 5.82 Å². The summed E-state index contributed by atoms with van der Waals surface area (Å²) in [5.74, 6) is -0.715. The molecule has 0 saturated heterocycles. The number of rotatable bonds is 1. The van der Waals surface area contributed by atoms with Crippen LogP contribution in [-0.4, -0.2) is 0 Å². The Morgan fingerprint density at radius 1 is 1.29 bits per heavy atom. The van der Waals surface area contributed by atoms with E-state index in [1.807, 2.05) is 0 Å². The van der Waals surface area contributed by atoms with Gasteiger partial charge in [0.15, 0.2) is 0 Å². The second-order valence-corrected chi connectivity index (χ2v) is 3.02. The van der Waals surface area contributed by atoms with Gasteiger partial charge < -0.3 is 5.73 Å². The van der Waals surface area contributed by atoms with Crippen LogP contribution in [-0.2, 0) is 6.18 Å². The van der Waals surface area contributed by atoms with E-state index in [-0.39, 0.29) is 5.56 Å². The SMILES string of the molecule is CC(N)c1cc(C(F)(F)F)ccc1F. The van der Waals surface area contributed by atoms with E-state index >= 15 is 0 Å². The van der Waals surface area contributed by atoms with Crippen LogP contribution in [0, 0.1) is 5.82 Å². The zero-order chi connectivity index (χ0) is 10.9. The molecule has 1 atom stereocenters. The van der Waals surface area contributed by atoms with Gasteiger partial charge in [-0.2, -0.15) is 13.2 Å². The Morgan fingerprint density at radius 3 is 2.29 bits per heavy atom. The molecule has 1 nitrogen and oxygen atoms in total. The molecule has 0 amide bonds. The molecule has 1 unspecified atom stereocenters. The third kappa shape index (κ3) is 2.23. The van der Waals surface area contributed by atoms with Crippen molar-refractivity contribution in [3.63, 3.8) is 0 Å². The first-order valence-electron chi connectivity index (χ1n) is 3.94. The van der Waals surface area contributed by atoms with Gasteiger partial charge in [0.2, 0.25) is 0 Å². The fourth-order valence-electron chi connectivity index (χ4n) is 1.07. The summed E-state index contributed by atoms with van der Waals surface area (Å²) in [7, 11) is 0. The fourth-order valence-corrected chi connectivity index (χ4v) is 1.07. The molecule has 0 bridgehead atoms. The predicted octanol–water partition coefficient (Wildman–Crippen LogP) is 2.86. The molecule has 5 heteroatoms. The maximum Gasteiger partial charge on any atom is 0.416 e. The van der Waals surface area contributed by atoms with Crippen molar-refractivity contribution in [2.75, 3.05) is 0 Å². The fraction of sp³-hybridized carbons (Fsp3) is 0.333. The summed E-state index contributed by atoms with van der Waals surface area (Å²) in [6, 6.07) is 1.46. The topological polar surface area (TPSA) is 26.0 Å². The summed E-state index contributed by atoms with van der Waals surface area (Å²) < 4.78 is 49.6. The lowest BCUT2D eigenvalue weighted by atomic mass is 10.0. The number of benzene rings is 1. The Balaban J connectivity index is 3.20. The molecule has 2 N–H and O–H groups in total. The molecule has 78 valence electrons. The first kappa shape index (κ1) is 11.0. The molecule has 0 aromatic heterocycles. The Hall–Kier alpha value is -1.10. The van der Waals surface area contributed by atoms with E-state index in [1.54, 1.807) is 0 Å². The zero-order valence-corrected chi connectivity index (χ0v) is 7.40. The second kappa shape index (κ2) is 3.57. The van der Waals surface area contributed by atoms with Gasteiger partial charge in [0, 0.05) is 11.6 Å². The molecule has 0 aliphatic carbocycles. The molecule has 1 aromatic carbocycles. The Morgan fingerprint density at radius 2 is 1.86 bits per heavy atom. The van der Waals surface area contributed by atoms with Crippen LogP contribution in [0.4, 0.5) is 17.6 Å². The highest BCUT2D eigenvalue weighted by Gasteiger charge is 2.31. The van der Waals surface area contributed by atoms with Crippen molar-refractivity contribution in [1.82, 2.24) is 0 Å². The molecule has 0 aliphatic heterocycles. The van der Waals surface area contributed by atoms with Gasteiger partial charge >= 0.3 is 6.18 Å². The minimum Gasteiger partial charge on any atom is -0.324 e. The van der Waals surface area contributed by atoms with Gasteiger partial charge in [-0.05, 0) is 25.1 Å². The van der Waals surface area contributed by atoms with Gasteiger partial charge in [-0.15, -0.1) is 0 Å². The average Bonchev–Trinajstić information content (AvgIpc) is 2.02. The van der Waals surface area contributed by atoms with Crippen LogP contribution in [0.3, 0.4) is 0 Å². The summed E-state index contributed by atoms with van der Waals surface area (Å²) in [5, 5.41) is 0. The van der Waals surface area contributed by atoms with E-state index in [0.29, 0.717) is 6.07 Å². The summed E-state index contributed by atoms with van der Waals surface area (Å²) >= 11 is 0. The van der Waals surface area contributed by atoms with Crippen molar-refractivity contribution in [3.8, 4) is 0 Å². The Bertz CT molecular complexity index is 330. The van der Waals surface area contributed by atoms with Crippen molar-refractivity contribution < 1.29 is 17.6 Å². The van der Waals surface area contributed by atoms with Crippen molar-refractivity contribution in [3.05, 3.63) is 35.1 Å². The van der Waals surface area contributed by atoms with Crippen molar-refractivity contribution in [2.45, 2.75) is 19.1 Å². The largest absolute Gasteiger partial charge is 0.416 e. The van der Waals surface area contributed by atoms with E-state index in [0.717, 1.165) is 12.1 Å². The molecule has 0 radical (unpaired) electrons. The van der Waals surface area contributed by atoms with Gasteiger partial charge in [0.25, 0.3) is 0 Å². The molecular weight excluding hydrogens is 198 g/mol. The van der Waals surface area contributed by atoms with E-state index < -0.39 is 23.6 Å². The van der Waals surface area contributed by atoms with E-state index in [9.17, 15) is 17.6 Å². The Kier molecular flexibility index (Phi) is 2.80. The average molecular weight is 207 g/mol. The maximum atomic E-state index is 13.0. The Labute approximate surface area is 78.5 Å². The predicted molar refractivity (Wildman–Crippen MR) is 44.0 cm³/mol. The maximum absolute atomic E-state index is 13.0. The van der Waals surface area contributed by atoms with Crippen LogP contribution < -0.4 is 5.73 Å². The van der Waals surface area contributed by atoms with E-state index in [4.69, 9.17) is 5.73 Å². The third-order valence-corrected chi connectivity index (χ3v) is 1.81. The molecule has 0 heterocycles. The number of halogens is 4. The molecule has 1 rings (SSSR count). The highest BCUT2D eigenvalue weighted by atomic mass is 19.4. The van der Waals surface area contributed by atoms with E-state index in [2.05, 4.69) is 0 Å². The second-order valence-electron chi connectivity index (χ2n) is 3.02.